The Morgan fingerprint density at radius 1 is 0.735 bits per heavy atom. The summed E-state index contributed by atoms with van der Waals surface area (Å²) in [5, 5.41) is 46.9. The first-order chi connectivity index (χ1) is 40.2. The highest BCUT2D eigenvalue weighted by atomic mass is 16.5. The van der Waals surface area contributed by atoms with E-state index in [2.05, 4.69) is 136 Å². The van der Waals surface area contributed by atoms with Crippen molar-refractivity contribution in [1.29, 1.82) is 0 Å². The Hall–Kier alpha value is -4.82. The average molecular weight is 1120 g/mol. The van der Waals surface area contributed by atoms with E-state index in [4.69, 9.17) is 9.47 Å². The number of benzene rings is 4. The van der Waals surface area contributed by atoms with Crippen LogP contribution in [0.5, 0.6) is 0 Å². The minimum atomic E-state index is -1.74. The van der Waals surface area contributed by atoms with Crippen molar-refractivity contribution in [3.05, 3.63) is 155 Å². The van der Waals surface area contributed by atoms with Crippen molar-refractivity contribution in [1.82, 2.24) is 0 Å². The van der Waals surface area contributed by atoms with Gasteiger partial charge in [0.25, 0.3) is 0 Å². The monoisotopic (exact) mass is 1120 g/mol. The number of hydrogen-bond acceptors (Lipinski definition) is 7. The van der Waals surface area contributed by atoms with E-state index in [-0.39, 0.29) is 59.5 Å². The molecule has 7 nitrogen and oxygen atoms in total. The molecule has 6 saturated carbocycles. The summed E-state index contributed by atoms with van der Waals surface area (Å²) in [6.07, 6.45) is 29.8. The van der Waals surface area contributed by atoms with E-state index in [0.717, 1.165) is 69.8 Å². The summed E-state index contributed by atoms with van der Waals surface area (Å²) in [4.78, 5) is 28.3. The van der Waals surface area contributed by atoms with Gasteiger partial charge in [-0.3, -0.25) is 4.79 Å². The highest BCUT2D eigenvalue weighted by Gasteiger charge is 2.83. The van der Waals surface area contributed by atoms with Crippen molar-refractivity contribution >= 4 is 22.7 Å². The fourth-order valence-electron chi connectivity index (χ4n) is 23.3. The van der Waals surface area contributed by atoms with E-state index in [9.17, 15) is 15.0 Å². The van der Waals surface area contributed by atoms with Crippen LogP contribution in [0.25, 0.3) is 10.8 Å². The number of carbonyl (C=O) groups is 2. The molecule has 0 unspecified atom stereocenters. The zero-order valence-corrected chi connectivity index (χ0v) is 49.9. The Morgan fingerprint density at radius 2 is 1.53 bits per heavy atom. The molecule has 2 spiro atoms. The van der Waals surface area contributed by atoms with Gasteiger partial charge in [-0.15, -0.1) is 0 Å². The van der Waals surface area contributed by atoms with Crippen molar-refractivity contribution in [3.8, 4) is 0 Å². The number of fused-ring (bicyclic) bond motifs is 5. The van der Waals surface area contributed by atoms with Crippen LogP contribution in [0.4, 0.5) is 0 Å². The largest absolute Gasteiger partial charge is 0.462 e. The molecule has 3 N–H and O–H groups in total. The van der Waals surface area contributed by atoms with Crippen LogP contribution in [0.1, 0.15) is 208 Å². The van der Waals surface area contributed by atoms with Gasteiger partial charge in [-0.05, 0) is 212 Å². The normalized spacial score (nSPS) is 43.5. The zero-order valence-electron chi connectivity index (χ0n) is 49.9. The Bertz CT molecular complexity index is 3270. The SMILES string of the molecule is C[C@H](CCCc1ccccc1)C[C@@H]1/C=C/[C@@H]2CCCC[C@@H]2C(=O)O[C@@H]2C[C@]3(C)C=C[C@@]1(O)[C@@]1([C@H](O)CC[C@@](C)([C@@H]4CC[C@]56CC[C@@H]7C[C@]8(c9ccccc9)CCCC[C@@H]8c8ccc9cccc(c9c8[C@@H]75)[C@@H]6C4)[C@H]21)[C@@]3(O)CCC1=CC(=O)OC1. The summed E-state index contributed by atoms with van der Waals surface area (Å²) < 4.78 is 12.9. The Morgan fingerprint density at radius 3 is 2.35 bits per heavy atom. The van der Waals surface area contributed by atoms with Crippen LogP contribution in [0.15, 0.2) is 127 Å². The zero-order chi connectivity index (χ0) is 56.7. The Labute approximate surface area is 494 Å². The quantitative estimate of drug-likeness (QED) is 0.101. The van der Waals surface area contributed by atoms with Crippen LogP contribution in [-0.4, -0.2) is 57.3 Å². The molecule has 15 rings (SSSR count). The van der Waals surface area contributed by atoms with Gasteiger partial charge in [0.05, 0.1) is 23.0 Å². The van der Waals surface area contributed by atoms with Gasteiger partial charge in [-0.25, -0.2) is 4.79 Å². The summed E-state index contributed by atoms with van der Waals surface area (Å²) in [6.45, 7) is 7.10. The molecule has 0 amide bonds. The number of aryl methyl sites for hydroxylation is 1. The lowest BCUT2D eigenvalue weighted by Crippen LogP contribution is -2.84. The maximum atomic E-state index is 15.5. The number of cyclic esters (lactones) is 1. The molecule has 3 bridgehead atoms. The van der Waals surface area contributed by atoms with Gasteiger partial charge < -0.3 is 24.8 Å². The lowest BCUT2D eigenvalue weighted by atomic mass is 9.30. The van der Waals surface area contributed by atoms with E-state index in [1.807, 2.05) is 0 Å². The second kappa shape index (κ2) is 20.1. The molecule has 0 aromatic heterocycles. The molecule has 2 heterocycles. The molecular weight excluding hydrogens is 1020 g/mol. The van der Waals surface area contributed by atoms with E-state index in [1.54, 1.807) is 22.8 Å². The lowest BCUT2D eigenvalue weighted by molar-refractivity contribution is -0.367. The van der Waals surface area contributed by atoms with Crippen LogP contribution in [0, 0.1) is 63.1 Å². The maximum Gasteiger partial charge on any atom is 0.331 e. The van der Waals surface area contributed by atoms with Crippen LogP contribution in [0.2, 0.25) is 0 Å². The molecule has 0 radical (unpaired) electrons. The number of carbonyl (C=O) groups excluding carboxylic acids is 2. The predicted octanol–water partition coefficient (Wildman–Crippen LogP) is 15.6. The van der Waals surface area contributed by atoms with Gasteiger partial charge in [-0.1, -0.05) is 168 Å². The maximum absolute atomic E-state index is 15.5. The van der Waals surface area contributed by atoms with Gasteiger partial charge in [0.1, 0.15) is 18.3 Å². The molecule has 83 heavy (non-hydrogen) atoms. The topological polar surface area (TPSA) is 113 Å². The molecule has 9 aliphatic carbocycles. The number of ether oxygens (including phenoxy) is 2. The molecule has 4 aromatic carbocycles. The van der Waals surface area contributed by atoms with Crippen molar-refractivity contribution in [2.45, 2.75) is 215 Å². The van der Waals surface area contributed by atoms with Gasteiger partial charge in [0, 0.05) is 28.7 Å². The first-order valence-electron chi connectivity index (χ1n) is 33.4. The van der Waals surface area contributed by atoms with Crippen molar-refractivity contribution < 1.29 is 34.4 Å². The van der Waals surface area contributed by atoms with E-state index >= 15 is 9.90 Å². The van der Waals surface area contributed by atoms with E-state index in [0.29, 0.717) is 55.8 Å². The predicted molar refractivity (Wildman–Crippen MR) is 326 cm³/mol. The van der Waals surface area contributed by atoms with Crippen molar-refractivity contribution in [3.63, 3.8) is 0 Å². The Kier molecular flexibility index (Phi) is 13.3. The summed E-state index contributed by atoms with van der Waals surface area (Å²) in [6, 6.07) is 34.8. The highest BCUT2D eigenvalue weighted by Crippen LogP contribution is 2.80. The first-order valence-corrected chi connectivity index (χ1v) is 33.4. The number of hydrogen-bond donors (Lipinski definition) is 3. The van der Waals surface area contributed by atoms with Crippen LogP contribution in [0.3, 0.4) is 0 Å². The fourth-order valence-corrected chi connectivity index (χ4v) is 23.3. The summed E-state index contributed by atoms with van der Waals surface area (Å²) >= 11 is 0. The van der Waals surface area contributed by atoms with Crippen molar-refractivity contribution in [2.75, 3.05) is 6.61 Å². The number of allylic oxidation sites excluding steroid dienone is 1. The molecule has 438 valence electrons. The fraction of sp³-hybridized carbons (Fsp3) is 0.605. The third kappa shape index (κ3) is 7.89. The lowest BCUT2D eigenvalue weighted by Gasteiger charge is -2.77. The Balaban J connectivity index is 0.881. The summed E-state index contributed by atoms with van der Waals surface area (Å²) in [5.41, 5.74) is 2.27. The number of aliphatic hydroxyl groups is 3. The van der Waals surface area contributed by atoms with Crippen molar-refractivity contribution in [2.24, 2.45) is 63.1 Å². The molecular formula is C76H92O7. The smallest absolute Gasteiger partial charge is 0.331 e. The molecule has 19 atom stereocenters. The summed E-state index contributed by atoms with van der Waals surface area (Å²) in [5.74, 6) is 0.372. The summed E-state index contributed by atoms with van der Waals surface area (Å²) in [7, 11) is 0. The molecule has 4 aromatic rings. The highest BCUT2D eigenvalue weighted by molar-refractivity contribution is 5.93. The third-order valence-electron chi connectivity index (χ3n) is 26.8. The average Bonchev–Trinajstić information content (AvgIpc) is 2.19. The van der Waals surface area contributed by atoms with Crippen LogP contribution < -0.4 is 0 Å². The minimum Gasteiger partial charge on any atom is -0.462 e. The van der Waals surface area contributed by atoms with Crippen LogP contribution in [-0.2, 0) is 30.9 Å². The van der Waals surface area contributed by atoms with Gasteiger partial charge >= 0.3 is 11.9 Å². The number of esters is 2. The second-order valence-corrected chi connectivity index (χ2v) is 30.3. The van der Waals surface area contributed by atoms with E-state index in [1.165, 1.54) is 66.8 Å². The number of rotatable bonds is 11. The van der Waals surface area contributed by atoms with Gasteiger partial charge in [-0.2, -0.15) is 0 Å². The van der Waals surface area contributed by atoms with Gasteiger partial charge in [0.2, 0.25) is 0 Å². The number of aliphatic hydroxyl groups excluding tert-OH is 1. The van der Waals surface area contributed by atoms with E-state index < -0.39 is 51.5 Å². The molecule has 6 fully saturated rings. The van der Waals surface area contributed by atoms with Crippen LogP contribution >= 0.6 is 0 Å². The molecule has 11 aliphatic rings. The molecule has 0 saturated heterocycles. The van der Waals surface area contributed by atoms with Gasteiger partial charge in [0.15, 0.2) is 0 Å². The first kappa shape index (κ1) is 54.8. The third-order valence-corrected chi connectivity index (χ3v) is 26.8. The molecule has 2 aliphatic heterocycles. The second-order valence-electron chi connectivity index (χ2n) is 30.3. The minimum absolute atomic E-state index is 0.0234. The standard InChI is InChI=1S/C76H92O7/c1-48(16-14-19-49-17-6-4-7-18-49)42-56-29-27-51-20-10-11-24-57(51)69(79)83-62-46-70(2)40-41-74(56,80)76(75(70,81)39-31-50-43-64(78)82-47-50)63(77)34-36-71(3,68(62)76)55-33-38-72-37-32-53-45-73(54-22-8-5-9-23-54)35-13-12-26-60(73)59-30-28-52-21-15-25-58(61(72)44-55)65(52)66(59)67(53)72/h4-9,15,17-18,21-23,25,27-30,40-41,43,48,51,53,55-57,60-63,67-68,77,80-81H,10-14,16,19-20,24,26,31-39,42,44-47H2,1-3H3/b29-27+/t48-,51+,53-,55-,56+,57+,60-,61+,62-,63-,67-,68+,70+,71+,72+,73+,74+,75-,76+/m1/s1. The molecule has 7 heteroatoms.